The van der Waals surface area contributed by atoms with Gasteiger partial charge < -0.3 is 16.0 Å². The molecule has 1 heterocycles. The van der Waals surface area contributed by atoms with Gasteiger partial charge in [-0.05, 0) is 55.3 Å². The lowest BCUT2D eigenvalue weighted by molar-refractivity contribution is -0.113. The summed E-state index contributed by atoms with van der Waals surface area (Å²) >= 11 is 1.38. The van der Waals surface area contributed by atoms with E-state index in [1.165, 1.54) is 22.9 Å². The van der Waals surface area contributed by atoms with Crippen LogP contribution in [0.25, 0.3) is 5.69 Å². The first kappa shape index (κ1) is 20.5. The molecule has 0 aliphatic heterocycles. The van der Waals surface area contributed by atoms with Gasteiger partial charge in [0.1, 0.15) is 0 Å². The van der Waals surface area contributed by atoms with Crippen molar-refractivity contribution in [2.75, 3.05) is 23.4 Å². The fourth-order valence-corrected chi connectivity index (χ4v) is 3.50. The molecule has 0 atom stereocenters. The second kappa shape index (κ2) is 9.29. The molecule has 3 amide bonds. The Morgan fingerprint density at radius 1 is 1.03 bits per heavy atom. The zero-order valence-electron chi connectivity index (χ0n) is 16.5. The number of hydrogen-bond donors (Lipinski definition) is 3. The minimum atomic E-state index is -0.294. The maximum atomic E-state index is 12.3. The molecule has 1 aromatic heterocycles. The number of anilines is 2. The van der Waals surface area contributed by atoms with Crippen LogP contribution in [0.2, 0.25) is 0 Å². The standard InChI is InChI=1S/C21H23N5O2S/c1-14-5-4-6-18(15(14)2)26-12-11-23-21(26)29-13-19(27)24-16-7-9-17(10-8-16)25-20(28)22-3/h4-12H,13H2,1-3H3,(H,24,27)(H2,22,25,28). The molecule has 0 fully saturated rings. The molecular formula is C21H23N5O2S. The van der Waals surface area contributed by atoms with Crippen molar-refractivity contribution in [3.63, 3.8) is 0 Å². The number of nitrogens with zero attached hydrogens (tertiary/aromatic N) is 2. The van der Waals surface area contributed by atoms with Crippen molar-refractivity contribution in [2.24, 2.45) is 0 Å². The van der Waals surface area contributed by atoms with Crippen molar-refractivity contribution in [1.82, 2.24) is 14.9 Å². The van der Waals surface area contributed by atoms with Crippen LogP contribution in [0.15, 0.2) is 60.0 Å². The number of imidazole rings is 1. The van der Waals surface area contributed by atoms with Crippen molar-refractivity contribution in [3.8, 4) is 5.69 Å². The number of aryl methyl sites for hydroxylation is 1. The molecule has 0 saturated heterocycles. The zero-order chi connectivity index (χ0) is 20.8. The Bertz CT molecular complexity index is 1010. The summed E-state index contributed by atoms with van der Waals surface area (Å²) in [5.74, 6) is 0.109. The van der Waals surface area contributed by atoms with Crippen LogP contribution >= 0.6 is 11.8 Å². The zero-order valence-corrected chi connectivity index (χ0v) is 17.3. The van der Waals surface area contributed by atoms with Crippen molar-refractivity contribution in [2.45, 2.75) is 19.0 Å². The molecule has 3 N–H and O–H groups in total. The fourth-order valence-electron chi connectivity index (χ4n) is 2.73. The smallest absolute Gasteiger partial charge is 0.318 e. The van der Waals surface area contributed by atoms with E-state index in [2.05, 4.69) is 40.8 Å². The van der Waals surface area contributed by atoms with Crippen LogP contribution in [0.3, 0.4) is 0 Å². The number of rotatable bonds is 6. The van der Waals surface area contributed by atoms with Crippen molar-refractivity contribution in [3.05, 3.63) is 66.0 Å². The molecule has 7 nitrogen and oxygen atoms in total. The minimum absolute atomic E-state index is 0.127. The number of nitrogens with one attached hydrogen (secondary N) is 3. The van der Waals surface area contributed by atoms with Gasteiger partial charge in [-0.25, -0.2) is 9.78 Å². The van der Waals surface area contributed by atoms with Gasteiger partial charge in [-0.15, -0.1) is 0 Å². The Hall–Kier alpha value is -3.26. The third kappa shape index (κ3) is 5.17. The minimum Gasteiger partial charge on any atom is -0.341 e. The molecule has 0 aliphatic carbocycles. The first-order chi connectivity index (χ1) is 14.0. The van der Waals surface area contributed by atoms with Crippen molar-refractivity contribution >= 4 is 35.1 Å². The Morgan fingerprint density at radius 3 is 2.41 bits per heavy atom. The molecule has 29 heavy (non-hydrogen) atoms. The van der Waals surface area contributed by atoms with E-state index in [-0.39, 0.29) is 17.7 Å². The van der Waals surface area contributed by atoms with Crippen LogP contribution in [0.1, 0.15) is 11.1 Å². The van der Waals surface area contributed by atoms with E-state index in [4.69, 9.17) is 0 Å². The largest absolute Gasteiger partial charge is 0.341 e. The highest BCUT2D eigenvalue weighted by Gasteiger charge is 2.11. The molecule has 2 aromatic carbocycles. The van der Waals surface area contributed by atoms with Gasteiger partial charge in [-0.2, -0.15) is 0 Å². The van der Waals surface area contributed by atoms with E-state index in [0.29, 0.717) is 11.4 Å². The SMILES string of the molecule is CNC(=O)Nc1ccc(NC(=O)CSc2nccn2-c2cccc(C)c2C)cc1. The van der Waals surface area contributed by atoms with Gasteiger partial charge in [0.05, 0.1) is 11.4 Å². The summed E-state index contributed by atoms with van der Waals surface area (Å²) in [6.45, 7) is 4.15. The molecule has 0 saturated carbocycles. The second-order valence-electron chi connectivity index (χ2n) is 6.42. The summed E-state index contributed by atoms with van der Waals surface area (Å²) in [5.41, 5.74) is 4.76. The van der Waals surface area contributed by atoms with Gasteiger partial charge in [0.25, 0.3) is 0 Å². The molecular weight excluding hydrogens is 386 g/mol. The molecule has 8 heteroatoms. The maximum Gasteiger partial charge on any atom is 0.318 e. The Labute approximate surface area is 173 Å². The summed E-state index contributed by atoms with van der Waals surface area (Å²) in [7, 11) is 1.55. The molecule has 3 rings (SSSR count). The highest BCUT2D eigenvalue weighted by atomic mass is 32.2. The summed E-state index contributed by atoms with van der Waals surface area (Å²) < 4.78 is 2.00. The number of carbonyl (C=O) groups excluding carboxylic acids is 2. The third-order valence-electron chi connectivity index (χ3n) is 4.43. The second-order valence-corrected chi connectivity index (χ2v) is 7.36. The third-order valence-corrected chi connectivity index (χ3v) is 5.40. The number of benzene rings is 2. The summed E-state index contributed by atoms with van der Waals surface area (Å²) in [5, 5.41) is 8.77. The van der Waals surface area contributed by atoms with E-state index < -0.39 is 0 Å². The number of aromatic nitrogens is 2. The highest BCUT2D eigenvalue weighted by Crippen LogP contribution is 2.24. The molecule has 3 aromatic rings. The maximum absolute atomic E-state index is 12.3. The van der Waals surface area contributed by atoms with Crippen molar-refractivity contribution < 1.29 is 9.59 Å². The van der Waals surface area contributed by atoms with Crippen LogP contribution in [-0.2, 0) is 4.79 Å². The van der Waals surface area contributed by atoms with Gasteiger partial charge in [-0.3, -0.25) is 9.36 Å². The monoisotopic (exact) mass is 409 g/mol. The molecule has 0 unspecified atom stereocenters. The Morgan fingerprint density at radius 2 is 1.72 bits per heavy atom. The summed E-state index contributed by atoms with van der Waals surface area (Å²) in [4.78, 5) is 28.0. The lowest BCUT2D eigenvalue weighted by Crippen LogP contribution is -2.24. The Balaban J connectivity index is 1.60. The van der Waals surface area contributed by atoms with Gasteiger partial charge in [0.2, 0.25) is 5.91 Å². The molecule has 0 spiro atoms. The van der Waals surface area contributed by atoms with Crippen LogP contribution in [0.5, 0.6) is 0 Å². The van der Waals surface area contributed by atoms with E-state index >= 15 is 0 Å². The van der Waals surface area contributed by atoms with Crippen LogP contribution in [-0.4, -0.2) is 34.3 Å². The molecule has 150 valence electrons. The average molecular weight is 410 g/mol. The fraction of sp³-hybridized carbons (Fsp3) is 0.190. The van der Waals surface area contributed by atoms with Crippen LogP contribution < -0.4 is 16.0 Å². The predicted octanol–water partition coefficient (Wildman–Crippen LogP) is 3.97. The predicted molar refractivity (Wildman–Crippen MR) is 117 cm³/mol. The van der Waals surface area contributed by atoms with Gasteiger partial charge in [0, 0.05) is 30.8 Å². The number of urea groups is 1. The van der Waals surface area contributed by atoms with E-state index in [1.807, 2.05) is 22.9 Å². The molecule has 0 radical (unpaired) electrons. The normalized spacial score (nSPS) is 10.4. The van der Waals surface area contributed by atoms with Gasteiger partial charge >= 0.3 is 6.03 Å². The van der Waals surface area contributed by atoms with E-state index in [9.17, 15) is 9.59 Å². The highest BCUT2D eigenvalue weighted by molar-refractivity contribution is 7.99. The summed E-state index contributed by atoms with van der Waals surface area (Å²) in [6.07, 6.45) is 3.64. The topological polar surface area (TPSA) is 88.1 Å². The van der Waals surface area contributed by atoms with E-state index in [0.717, 1.165) is 10.8 Å². The number of thioether (sulfide) groups is 1. The van der Waals surface area contributed by atoms with Gasteiger partial charge in [-0.1, -0.05) is 23.9 Å². The first-order valence-corrected chi connectivity index (χ1v) is 10.1. The summed E-state index contributed by atoms with van der Waals surface area (Å²) in [6, 6.07) is 12.8. The number of carbonyl (C=O) groups is 2. The lowest BCUT2D eigenvalue weighted by atomic mass is 10.1. The molecule has 0 bridgehead atoms. The van der Waals surface area contributed by atoms with Crippen molar-refractivity contribution in [1.29, 1.82) is 0 Å². The first-order valence-electron chi connectivity index (χ1n) is 9.09. The van der Waals surface area contributed by atoms with Crippen LogP contribution in [0.4, 0.5) is 16.2 Å². The van der Waals surface area contributed by atoms with Gasteiger partial charge in [0.15, 0.2) is 5.16 Å². The average Bonchev–Trinajstić information content (AvgIpc) is 3.18. The number of hydrogen-bond acceptors (Lipinski definition) is 4. The lowest BCUT2D eigenvalue weighted by Gasteiger charge is -2.12. The van der Waals surface area contributed by atoms with Crippen LogP contribution in [0, 0.1) is 13.8 Å². The molecule has 0 aliphatic rings. The Kier molecular flexibility index (Phi) is 6.56. The van der Waals surface area contributed by atoms with E-state index in [1.54, 1.807) is 37.5 Å². The quantitative estimate of drug-likeness (QED) is 0.538. The number of amides is 3.